The maximum atomic E-state index is 13.0. The van der Waals surface area contributed by atoms with Crippen molar-refractivity contribution in [3.8, 4) is 0 Å². The first-order valence-electron chi connectivity index (χ1n) is 11.4. The number of hydrogen-bond donors (Lipinski definition) is 1. The average Bonchev–Trinajstić information content (AvgIpc) is 3.17. The normalized spacial score (nSPS) is 28.7. The maximum Gasteiger partial charge on any atom is 0.323 e. The van der Waals surface area contributed by atoms with Crippen LogP contribution in [0, 0.1) is 0 Å². The number of urea groups is 1. The van der Waals surface area contributed by atoms with Crippen LogP contribution in [0.5, 0.6) is 0 Å². The number of rotatable bonds is 4. The predicted molar refractivity (Wildman–Crippen MR) is 121 cm³/mol. The lowest BCUT2D eigenvalue weighted by Gasteiger charge is -2.44. The second-order valence-corrected chi connectivity index (χ2v) is 9.11. The summed E-state index contributed by atoms with van der Waals surface area (Å²) in [6.45, 7) is 5.87. The van der Waals surface area contributed by atoms with E-state index in [9.17, 15) is 4.79 Å². The summed E-state index contributed by atoms with van der Waals surface area (Å²) in [6.07, 6.45) is 7.02. The number of amides is 2. The highest BCUT2D eigenvalue weighted by molar-refractivity contribution is 5.94. The highest BCUT2D eigenvalue weighted by Crippen LogP contribution is 2.47. The number of carbonyl (C=O) groups excluding carboxylic acids is 1. The summed E-state index contributed by atoms with van der Waals surface area (Å²) in [7, 11) is 0. The molecule has 0 atom stereocenters. The first-order chi connectivity index (χ1) is 15.1. The van der Waals surface area contributed by atoms with Crippen LogP contribution in [0.15, 0.2) is 42.6 Å². The standard InChI is InChI=1S/C24H31N5O2/c1-2-23(19-6-4-3-5-7-19)9-11-24(12-10-23)18-29(22(30)27-24)20-8-13-25-21(26-20)28-14-16-31-17-15-28/h3-8,13H,2,9-12,14-18H2,1H3,(H,27,30). The van der Waals surface area contributed by atoms with Crippen LogP contribution in [-0.4, -0.2) is 54.4 Å². The monoisotopic (exact) mass is 421 g/mol. The summed E-state index contributed by atoms with van der Waals surface area (Å²) in [5.74, 6) is 1.36. The third-order valence-corrected chi connectivity index (χ3v) is 7.50. The number of aromatic nitrogens is 2. The van der Waals surface area contributed by atoms with Gasteiger partial charge in [0, 0.05) is 19.3 Å². The van der Waals surface area contributed by atoms with Crippen molar-refractivity contribution in [2.24, 2.45) is 0 Å². The number of hydrogen-bond acceptors (Lipinski definition) is 5. The molecule has 3 aliphatic rings. The van der Waals surface area contributed by atoms with E-state index in [0.29, 0.717) is 31.5 Å². The molecule has 0 unspecified atom stereocenters. The van der Waals surface area contributed by atoms with Crippen LogP contribution in [0.1, 0.15) is 44.6 Å². The fraction of sp³-hybridized carbons (Fsp3) is 0.542. The summed E-state index contributed by atoms with van der Waals surface area (Å²) in [4.78, 5) is 26.0. The minimum atomic E-state index is -0.172. The lowest BCUT2D eigenvalue weighted by Crippen LogP contribution is -2.49. The van der Waals surface area contributed by atoms with Gasteiger partial charge in [-0.25, -0.2) is 9.78 Å². The molecule has 164 valence electrons. The highest BCUT2D eigenvalue weighted by atomic mass is 16.5. The first kappa shape index (κ1) is 20.2. The van der Waals surface area contributed by atoms with Crippen molar-refractivity contribution in [2.75, 3.05) is 42.6 Å². The molecule has 0 radical (unpaired) electrons. The number of ether oxygens (including phenoxy) is 1. The first-order valence-corrected chi connectivity index (χ1v) is 11.4. The Kier molecular flexibility index (Phi) is 5.30. The lowest BCUT2D eigenvalue weighted by molar-refractivity contribution is 0.122. The lowest BCUT2D eigenvalue weighted by atomic mass is 9.63. The number of anilines is 2. The SMILES string of the molecule is CCC1(c2ccccc2)CCC2(CC1)CN(c1ccnc(N3CCOCC3)n1)C(=O)N2. The Bertz CT molecular complexity index is 921. The highest BCUT2D eigenvalue weighted by Gasteiger charge is 2.49. The Hall–Kier alpha value is -2.67. The van der Waals surface area contributed by atoms with E-state index in [1.807, 2.05) is 6.07 Å². The van der Waals surface area contributed by atoms with Crippen LogP contribution in [0.4, 0.5) is 16.6 Å². The molecule has 1 spiro atoms. The van der Waals surface area contributed by atoms with Crippen LogP contribution in [0.25, 0.3) is 0 Å². The van der Waals surface area contributed by atoms with E-state index in [4.69, 9.17) is 9.72 Å². The Morgan fingerprint density at radius 2 is 1.81 bits per heavy atom. The predicted octanol–water partition coefficient (Wildman–Crippen LogP) is 3.50. The summed E-state index contributed by atoms with van der Waals surface area (Å²) in [5, 5.41) is 3.32. The summed E-state index contributed by atoms with van der Waals surface area (Å²) in [6, 6.07) is 12.7. The molecule has 1 aliphatic carbocycles. The number of nitrogens with one attached hydrogen (secondary N) is 1. The molecular weight excluding hydrogens is 390 g/mol. The van der Waals surface area contributed by atoms with Gasteiger partial charge in [0.1, 0.15) is 5.82 Å². The van der Waals surface area contributed by atoms with Gasteiger partial charge in [0.15, 0.2) is 0 Å². The van der Waals surface area contributed by atoms with Gasteiger partial charge in [0.2, 0.25) is 5.95 Å². The number of carbonyl (C=O) groups is 1. The molecule has 3 heterocycles. The summed E-state index contributed by atoms with van der Waals surface area (Å²) < 4.78 is 5.43. The molecule has 2 aromatic rings. The van der Waals surface area contributed by atoms with Gasteiger partial charge in [-0.1, -0.05) is 37.3 Å². The van der Waals surface area contributed by atoms with Gasteiger partial charge in [-0.2, -0.15) is 4.98 Å². The minimum absolute atomic E-state index is 0.0460. The van der Waals surface area contributed by atoms with E-state index in [2.05, 4.69) is 52.5 Å². The molecule has 2 saturated heterocycles. The average molecular weight is 422 g/mol. The molecular formula is C24H31N5O2. The number of nitrogens with zero attached hydrogens (tertiary/aromatic N) is 4. The van der Waals surface area contributed by atoms with Gasteiger partial charge in [0.05, 0.1) is 25.3 Å². The van der Waals surface area contributed by atoms with Crippen molar-refractivity contribution in [1.82, 2.24) is 15.3 Å². The number of benzene rings is 1. The van der Waals surface area contributed by atoms with Crippen molar-refractivity contribution in [1.29, 1.82) is 0 Å². The van der Waals surface area contributed by atoms with Gasteiger partial charge >= 0.3 is 6.03 Å². The molecule has 7 nitrogen and oxygen atoms in total. The molecule has 1 N–H and O–H groups in total. The maximum absolute atomic E-state index is 13.0. The van der Waals surface area contributed by atoms with Crippen LogP contribution in [-0.2, 0) is 10.2 Å². The third kappa shape index (κ3) is 3.76. The van der Waals surface area contributed by atoms with Crippen molar-refractivity contribution in [2.45, 2.75) is 50.0 Å². The molecule has 1 saturated carbocycles. The van der Waals surface area contributed by atoms with Gasteiger partial charge in [-0.15, -0.1) is 0 Å². The Morgan fingerprint density at radius 1 is 1.06 bits per heavy atom. The second-order valence-electron chi connectivity index (χ2n) is 9.11. The quantitative estimate of drug-likeness (QED) is 0.818. The summed E-state index contributed by atoms with van der Waals surface area (Å²) >= 11 is 0. The molecule has 2 aliphatic heterocycles. The van der Waals surface area contributed by atoms with Crippen LogP contribution in [0.2, 0.25) is 0 Å². The zero-order valence-corrected chi connectivity index (χ0v) is 18.2. The largest absolute Gasteiger partial charge is 0.378 e. The van der Waals surface area contributed by atoms with Gasteiger partial charge in [0.25, 0.3) is 0 Å². The molecule has 3 fully saturated rings. The summed E-state index contributed by atoms with van der Waals surface area (Å²) in [5.41, 5.74) is 1.47. The van der Waals surface area contributed by atoms with Crippen LogP contribution in [0.3, 0.4) is 0 Å². The van der Waals surface area contributed by atoms with E-state index in [-0.39, 0.29) is 17.0 Å². The zero-order chi connectivity index (χ0) is 21.3. The van der Waals surface area contributed by atoms with Gasteiger partial charge in [-0.3, -0.25) is 4.90 Å². The van der Waals surface area contributed by atoms with E-state index in [1.165, 1.54) is 5.56 Å². The van der Waals surface area contributed by atoms with Crippen molar-refractivity contribution >= 4 is 17.8 Å². The smallest absolute Gasteiger partial charge is 0.323 e. The van der Waals surface area contributed by atoms with Crippen molar-refractivity contribution < 1.29 is 9.53 Å². The molecule has 7 heteroatoms. The molecule has 2 amide bonds. The van der Waals surface area contributed by atoms with Crippen molar-refractivity contribution in [3.63, 3.8) is 0 Å². The van der Waals surface area contributed by atoms with Crippen LogP contribution < -0.4 is 15.1 Å². The third-order valence-electron chi connectivity index (χ3n) is 7.50. The topological polar surface area (TPSA) is 70.6 Å². The minimum Gasteiger partial charge on any atom is -0.378 e. The Morgan fingerprint density at radius 3 is 2.52 bits per heavy atom. The molecule has 5 rings (SSSR count). The molecule has 0 bridgehead atoms. The molecule has 31 heavy (non-hydrogen) atoms. The van der Waals surface area contributed by atoms with E-state index in [0.717, 1.165) is 45.2 Å². The number of morpholine rings is 1. The van der Waals surface area contributed by atoms with E-state index < -0.39 is 0 Å². The fourth-order valence-electron chi connectivity index (χ4n) is 5.43. The zero-order valence-electron chi connectivity index (χ0n) is 18.2. The van der Waals surface area contributed by atoms with E-state index >= 15 is 0 Å². The fourth-order valence-corrected chi connectivity index (χ4v) is 5.43. The van der Waals surface area contributed by atoms with Crippen LogP contribution >= 0.6 is 0 Å². The Labute approximate surface area is 183 Å². The van der Waals surface area contributed by atoms with E-state index in [1.54, 1.807) is 11.1 Å². The second kappa shape index (κ2) is 8.11. The van der Waals surface area contributed by atoms with Crippen molar-refractivity contribution in [3.05, 3.63) is 48.2 Å². The Balaban J connectivity index is 1.32. The molecule has 1 aromatic heterocycles. The molecule has 1 aromatic carbocycles. The van der Waals surface area contributed by atoms with Gasteiger partial charge in [-0.05, 0) is 49.1 Å². The van der Waals surface area contributed by atoms with Gasteiger partial charge < -0.3 is 15.0 Å².